The molecule has 0 aliphatic carbocycles. The summed E-state index contributed by atoms with van der Waals surface area (Å²) in [5.74, 6) is -0.0710. The lowest BCUT2D eigenvalue weighted by molar-refractivity contribution is -0.191. The van der Waals surface area contributed by atoms with E-state index in [1.54, 1.807) is 26.0 Å². The fourth-order valence-electron chi connectivity index (χ4n) is 3.70. The van der Waals surface area contributed by atoms with Crippen molar-refractivity contribution in [3.05, 3.63) is 47.5 Å². The molecule has 2 aromatic rings. The Morgan fingerprint density at radius 2 is 1.85 bits per heavy atom. The van der Waals surface area contributed by atoms with Crippen molar-refractivity contribution in [1.82, 2.24) is 10.4 Å². The number of hydrazine groups is 1. The van der Waals surface area contributed by atoms with Crippen LogP contribution >= 0.6 is 0 Å². The Bertz CT molecular complexity index is 858. The molecule has 1 atom stereocenters. The molecule has 1 amide bonds. The molecular formula is C21H25F3N2O. The average molecular weight is 378 g/mol. The number of nitrogens with zero attached hydrogens (tertiary/aromatic N) is 1. The highest BCUT2D eigenvalue weighted by atomic mass is 19.4. The van der Waals surface area contributed by atoms with E-state index in [-0.39, 0.29) is 18.0 Å². The molecule has 1 saturated heterocycles. The smallest absolute Gasteiger partial charge is 0.287 e. The van der Waals surface area contributed by atoms with Gasteiger partial charge >= 0.3 is 6.18 Å². The van der Waals surface area contributed by atoms with Crippen molar-refractivity contribution < 1.29 is 18.0 Å². The number of carbonyl (C=O) groups excluding carboxylic acids is 1. The van der Waals surface area contributed by atoms with Crippen LogP contribution in [0.1, 0.15) is 44.9 Å². The molecule has 27 heavy (non-hydrogen) atoms. The molecule has 1 fully saturated rings. The zero-order valence-corrected chi connectivity index (χ0v) is 16.0. The van der Waals surface area contributed by atoms with Gasteiger partial charge in [-0.25, -0.2) is 5.01 Å². The Morgan fingerprint density at radius 1 is 1.19 bits per heavy atom. The van der Waals surface area contributed by atoms with Crippen molar-refractivity contribution in [2.75, 3.05) is 6.54 Å². The average Bonchev–Trinajstić information content (AvgIpc) is 2.78. The van der Waals surface area contributed by atoms with Crippen LogP contribution in [0.25, 0.3) is 10.8 Å². The van der Waals surface area contributed by atoms with E-state index in [9.17, 15) is 18.0 Å². The first-order valence-electron chi connectivity index (χ1n) is 9.15. The lowest BCUT2D eigenvalue weighted by atomic mass is 9.91. The van der Waals surface area contributed by atoms with Crippen molar-refractivity contribution >= 4 is 16.7 Å². The van der Waals surface area contributed by atoms with Gasteiger partial charge < -0.3 is 0 Å². The number of hydrogen-bond donors (Lipinski definition) is 1. The standard InChI is InChI=1S/C21H25F3N2O/c1-13(2)9-15-11-16(10-14-7-5-6-8-17(14)15)18(21(22,23)24)26-12-20(3,4)19(27)25-26/h5-8,10-11,13,18H,9,12H2,1-4H3,(H,25,27). The number of hydrogen-bond acceptors (Lipinski definition) is 2. The zero-order valence-electron chi connectivity index (χ0n) is 16.0. The normalized spacial score (nSPS) is 18.9. The van der Waals surface area contributed by atoms with Gasteiger partial charge in [-0.1, -0.05) is 44.2 Å². The maximum atomic E-state index is 14.0. The van der Waals surface area contributed by atoms with Gasteiger partial charge in [0.25, 0.3) is 0 Å². The van der Waals surface area contributed by atoms with Crippen LogP contribution in [-0.2, 0) is 11.2 Å². The third kappa shape index (κ3) is 3.95. The minimum Gasteiger partial charge on any atom is -0.287 e. The molecule has 0 aromatic heterocycles. The molecule has 1 aliphatic heterocycles. The van der Waals surface area contributed by atoms with Gasteiger partial charge in [0, 0.05) is 6.54 Å². The van der Waals surface area contributed by atoms with Gasteiger partial charge in [-0.3, -0.25) is 10.2 Å². The summed E-state index contributed by atoms with van der Waals surface area (Å²) in [6.45, 7) is 7.40. The summed E-state index contributed by atoms with van der Waals surface area (Å²) in [5, 5.41) is 2.79. The van der Waals surface area contributed by atoms with Gasteiger partial charge in [-0.15, -0.1) is 0 Å². The first kappa shape index (κ1) is 19.7. The summed E-state index contributed by atoms with van der Waals surface area (Å²) >= 11 is 0. The molecule has 0 radical (unpaired) electrons. The fraction of sp³-hybridized carbons (Fsp3) is 0.476. The second-order valence-corrected chi connectivity index (χ2v) is 8.40. The van der Waals surface area contributed by atoms with Crippen LogP contribution < -0.4 is 5.43 Å². The molecule has 1 unspecified atom stereocenters. The van der Waals surface area contributed by atoms with Crippen LogP contribution in [0.15, 0.2) is 36.4 Å². The van der Waals surface area contributed by atoms with Crippen LogP contribution in [0.5, 0.6) is 0 Å². The third-order valence-corrected chi connectivity index (χ3v) is 4.96. The van der Waals surface area contributed by atoms with E-state index < -0.39 is 17.6 Å². The molecule has 2 aromatic carbocycles. The van der Waals surface area contributed by atoms with Gasteiger partial charge in [0.2, 0.25) is 5.91 Å². The maximum Gasteiger partial charge on any atom is 0.409 e. The van der Waals surface area contributed by atoms with E-state index in [1.807, 2.05) is 38.1 Å². The van der Waals surface area contributed by atoms with Crippen molar-refractivity contribution in [2.45, 2.75) is 46.3 Å². The number of fused-ring (bicyclic) bond motifs is 1. The summed E-state index contributed by atoms with van der Waals surface area (Å²) in [4.78, 5) is 12.1. The highest BCUT2D eigenvalue weighted by Gasteiger charge is 2.51. The van der Waals surface area contributed by atoms with E-state index in [2.05, 4.69) is 5.43 Å². The van der Waals surface area contributed by atoms with E-state index in [0.717, 1.165) is 21.3 Å². The first-order valence-corrected chi connectivity index (χ1v) is 9.15. The van der Waals surface area contributed by atoms with Crippen molar-refractivity contribution in [3.8, 4) is 0 Å². The molecule has 1 N–H and O–H groups in total. The number of nitrogens with one attached hydrogen (secondary N) is 1. The van der Waals surface area contributed by atoms with Crippen LogP contribution in [0.3, 0.4) is 0 Å². The Hall–Kier alpha value is -2.08. The second kappa shape index (κ2) is 6.82. The highest BCUT2D eigenvalue weighted by molar-refractivity contribution is 5.87. The lowest BCUT2D eigenvalue weighted by Crippen LogP contribution is -2.43. The summed E-state index contributed by atoms with van der Waals surface area (Å²) in [5.41, 5.74) is 2.63. The van der Waals surface area contributed by atoms with Gasteiger partial charge in [0.15, 0.2) is 0 Å². The SMILES string of the molecule is CC(C)Cc1cc(C(N2CC(C)(C)C(=O)N2)C(F)(F)F)cc2ccccc12. The summed E-state index contributed by atoms with van der Waals surface area (Å²) in [6, 6.07) is 8.87. The monoisotopic (exact) mass is 378 g/mol. The molecule has 0 bridgehead atoms. The quantitative estimate of drug-likeness (QED) is 0.811. The molecule has 0 saturated carbocycles. The molecule has 146 valence electrons. The molecular weight excluding hydrogens is 353 g/mol. The predicted octanol–water partition coefficient (Wildman–Crippen LogP) is 5.01. The minimum atomic E-state index is -4.51. The maximum absolute atomic E-state index is 14.0. The van der Waals surface area contributed by atoms with Crippen LogP contribution in [0, 0.1) is 11.3 Å². The first-order chi connectivity index (χ1) is 12.5. The lowest BCUT2D eigenvalue weighted by Gasteiger charge is -2.30. The van der Waals surface area contributed by atoms with Crippen molar-refractivity contribution in [2.24, 2.45) is 11.3 Å². The van der Waals surface area contributed by atoms with Gasteiger partial charge in [0.05, 0.1) is 5.41 Å². The van der Waals surface area contributed by atoms with Gasteiger partial charge in [-0.2, -0.15) is 13.2 Å². The number of benzene rings is 2. The molecule has 1 heterocycles. The summed E-state index contributed by atoms with van der Waals surface area (Å²) < 4.78 is 42.1. The van der Waals surface area contributed by atoms with Gasteiger partial charge in [-0.05, 0) is 54.2 Å². The minimum absolute atomic E-state index is 0.00233. The number of carbonyl (C=O) groups is 1. The Morgan fingerprint density at radius 3 is 2.41 bits per heavy atom. The summed E-state index contributed by atoms with van der Waals surface area (Å²) in [6.07, 6.45) is -3.82. The van der Waals surface area contributed by atoms with E-state index in [0.29, 0.717) is 12.3 Å². The Balaban J connectivity index is 2.13. The summed E-state index contributed by atoms with van der Waals surface area (Å²) in [7, 11) is 0. The van der Waals surface area contributed by atoms with E-state index in [4.69, 9.17) is 0 Å². The molecule has 6 heteroatoms. The highest BCUT2D eigenvalue weighted by Crippen LogP contribution is 2.42. The number of alkyl halides is 3. The van der Waals surface area contributed by atoms with E-state index in [1.165, 1.54) is 0 Å². The van der Waals surface area contributed by atoms with Crippen molar-refractivity contribution in [3.63, 3.8) is 0 Å². The van der Waals surface area contributed by atoms with Crippen molar-refractivity contribution in [1.29, 1.82) is 0 Å². The van der Waals surface area contributed by atoms with Gasteiger partial charge in [0.1, 0.15) is 6.04 Å². The number of rotatable bonds is 4. The molecule has 3 nitrogen and oxygen atoms in total. The molecule has 0 spiro atoms. The van der Waals surface area contributed by atoms with Crippen LogP contribution in [0.2, 0.25) is 0 Å². The van der Waals surface area contributed by atoms with Crippen LogP contribution in [0.4, 0.5) is 13.2 Å². The zero-order chi connectivity index (χ0) is 20.0. The fourth-order valence-corrected chi connectivity index (χ4v) is 3.70. The second-order valence-electron chi connectivity index (χ2n) is 8.40. The number of amides is 1. The topological polar surface area (TPSA) is 32.3 Å². The predicted molar refractivity (Wildman–Crippen MR) is 99.9 cm³/mol. The Kier molecular flexibility index (Phi) is 4.97. The van der Waals surface area contributed by atoms with Crippen LogP contribution in [-0.4, -0.2) is 23.6 Å². The Labute approximate surface area is 157 Å². The largest absolute Gasteiger partial charge is 0.409 e. The van der Waals surface area contributed by atoms with E-state index >= 15 is 0 Å². The number of halogens is 3. The third-order valence-electron chi connectivity index (χ3n) is 4.96. The molecule has 1 aliphatic rings. The molecule has 3 rings (SSSR count).